The van der Waals surface area contributed by atoms with Crippen molar-refractivity contribution in [1.82, 2.24) is 4.90 Å². The van der Waals surface area contributed by atoms with Gasteiger partial charge in [-0.2, -0.15) is 0 Å². The maximum Gasteiger partial charge on any atom is 0.311 e. The first-order valence-electron chi connectivity index (χ1n) is 7.45. The summed E-state index contributed by atoms with van der Waals surface area (Å²) in [6.07, 6.45) is 2.83. The largest absolute Gasteiger partial charge is 0.469 e. The molecule has 4 rings (SSSR count). The van der Waals surface area contributed by atoms with E-state index in [4.69, 9.17) is 4.74 Å². The highest BCUT2D eigenvalue weighted by Crippen LogP contribution is 2.55. The fourth-order valence-electron chi connectivity index (χ4n) is 4.49. The summed E-state index contributed by atoms with van der Waals surface area (Å²) < 4.78 is 5.00. The minimum atomic E-state index is -0.870. The van der Waals surface area contributed by atoms with Crippen LogP contribution < -0.4 is 5.32 Å². The Hall–Kier alpha value is -1.88. The van der Waals surface area contributed by atoms with Crippen LogP contribution >= 0.6 is 0 Å². The minimum absolute atomic E-state index is 0.0801. The van der Waals surface area contributed by atoms with Crippen molar-refractivity contribution in [1.29, 1.82) is 0 Å². The second kappa shape index (κ2) is 4.31. The van der Waals surface area contributed by atoms with Gasteiger partial charge in [-0.25, -0.2) is 0 Å². The van der Waals surface area contributed by atoms with Crippen LogP contribution in [0.1, 0.15) is 24.8 Å². The van der Waals surface area contributed by atoms with Crippen molar-refractivity contribution in [2.75, 3.05) is 19.0 Å². The number of carbonyl (C=O) groups excluding carboxylic acids is 2. The third kappa shape index (κ3) is 1.44. The number of benzene rings is 1. The highest BCUT2D eigenvalue weighted by Gasteiger charge is 2.65. The SMILES string of the molecule is COC(=O)[C@@H]1C[C@H]2CCCN2[C@]12C(=O)Nc1ccccc12. The second-order valence-corrected chi connectivity index (χ2v) is 6.07. The van der Waals surface area contributed by atoms with E-state index in [1.165, 1.54) is 7.11 Å². The van der Waals surface area contributed by atoms with Crippen molar-refractivity contribution < 1.29 is 14.3 Å². The van der Waals surface area contributed by atoms with Crippen molar-refractivity contribution in [2.24, 2.45) is 5.92 Å². The molecule has 1 spiro atoms. The van der Waals surface area contributed by atoms with Gasteiger partial charge in [-0.05, 0) is 31.9 Å². The van der Waals surface area contributed by atoms with Crippen LogP contribution in [-0.2, 0) is 19.9 Å². The number of anilines is 1. The fraction of sp³-hybridized carbons (Fsp3) is 0.500. The lowest BCUT2D eigenvalue weighted by molar-refractivity contribution is -0.152. The molecule has 110 valence electrons. The average molecular weight is 286 g/mol. The molecule has 3 aliphatic heterocycles. The number of para-hydroxylation sites is 1. The molecule has 0 unspecified atom stereocenters. The van der Waals surface area contributed by atoms with Crippen LogP contribution in [0.3, 0.4) is 0 Å². The molecular formula is C16H18N2O3. The highest BCUT2D eigenvalue weighted by atomic mass is 16.5. The van der Waals surface area contributed by atoms with E-state index in [0.717, 1.165) is 30.6 Å². The van der Waals surface area contributed by atoms with Gasteiger partial charge in [0.05, 0.1) is 13.0 Å². The molecule has 1 aromatic carbocycles. The first-order valence-corrected chi connectivity index (χ1v) is 7.45. The Morgan fingerprint density at radius 1 is 1.43 bits per heavy atom. The number of fused-ring (bicyclic) bond motifs is 4. The Bertz CT molecular complexity index is 630. The number of nitrogens with one attached hydrogen (secondary N) is 1. The van der Waals surface area contributed by atoms with E-state index in [1.54, 1.807) is 0 Å². The Morgan fingerprint density at radius 2 is 2.24 bits per heavy atom. The van der Waals surface area contributed by atoms with E-state index in [-0.39, 0.29) is 11.9 Å². The van der Waals surface area contributed by atoms with Gasteiger partial charge in [-0.3, -0.25) is 14.5 Å². The van der Waals surface area contributed by atoms with Crippen molar-refractivity contribution in [2.45, 2.75) is 30.8 Å². The van der Waals surface area contributed by atoms with Crippen LogP contribution in [0.25, 0.3) is 0 Å². The number of amides is 1. The van der Waals surface area contributed by atoms with E-state index in [1.807, 2.05) is 24.3 Å². The molecule has 3 aliphatic rings. The van der Waals surface area contributed by atoms with Crippen LogP contribution in [0.15, 0.2) is 24.3 Å². The minimum Gasteiger partial charge on any atom is -0.469 e. The number of hydrogen-bond donors (Lipinski definition) is 1. The molecule has 3 heterocycles. The van der Waals surface area contributed by atoms with E-state index in [2.05, 4.69) is 10.2 Å². The van der Waals surface area contributed by atoms with Crippen molar-refractivity contribution >= 4 is 17.6 Å². The highest BCUT2D eigenvalue weighted by molar-refractivity contribution is 6.08. The third-order valence-electron chi connectivity index (χ3n) is 5.26. The van der Waals surface area contributed by atoms with Crippen molar-refractivity contribution in [3.8, 4) is 0 Å². The van der Waals surface area contributed by atoms with Crippen molar-refractivity contribution in [3.05, 3.63) is 29.8 Å². The number of carbonyl (C=O) groups is 2. The summed E-state index contributed by atoms with van der Waals surface area (Å²) >= 11 is 0. The Labute approximate surface area is 123 Å². The van der Waals surface area contributed by atoms with Crippen LogP contribution in [-0.4, -0.2) is 36.5 Å². The standard InChI is InChI=1S/C16H18N2O3/c1-21-14(19)12-9-10-5-4-8-18(10)16(12)11-6-2-3-7-13(11)17-15(16)20/h2-3,6-7,10,12H,4-5,8-9H2,1H3,(H,17,20)/t10-,12+,16+/m1/s1. The van der Waals surface area contributed by atoms with Crippen LogP contribution in [0, 0.1) is 5.92 Å². The number of methoxy groups -OCH3 is 1. The van der Waals surface area contributed by atoms with Gasteiger partial charge in [-0.1, -0.05) is 18.2 Å². The summed E-state index contributed by atoms with van der Waals surface area (Å²) in [4.78, 5) is 27.4. The average Bonchev–Trinajstić information content (AvgIpc) is 3.13. The van der Waals surface area contributed by atoms with E-state index < -0.39 is 11.5 Å². The topological polar surface area (TPSA) is 58.6 Å². The molecule has 0 saturated carbocycles. The van der Waals surface area contributed by atoms with Gasteiger partial charge in [0.15, 0.2) is 0 Å². The maximum atomic E-state index is 12.9. The zero-order valence-corrected chi connectivity index (χ0v) is 12.0. The number of nitrogens with zero attached hydrogens (tertiary/aromatic N) is 1. The second-order valence-electron chi connectivity index (χ2n) is 6.07. The first-order chi connectivity index (χ1) is 10.2. The number of rotatable bonds is 1. The molecule has 1 amide bonds. The van der Waals surface area contributed by atoms with Crippen LogP contribution in [0.5, 0.6) is 0 Å². The molecule has 1 aromatic rings. The van der Waals surface area contributed by atoms with E-state index in [9.17, 15) is 9.59 Å². The van der Waals surface area contributed by atoms with Crippen molar-refractivity contribution in [3.63, 3.8) is 0 Å². The predicted molar refractivity (Wildman–Crippen MR) is 76.6 cm³/mol. The Balaban J connectivity index is 1.93. The van der Waals surface area contributed by atoms with E-state index >= 15 is 0 Å². The molecule has 21 heavy (non-hydrogen) atoms. The molecule has 5 nitrogen and oxygen atoms in total. The molecule has 2 saturated heterocycles. The van der Waals surface area contributed by atoms with Gasteiger partial charge in [0, 0.05) is 17.3 Å². The number of esters is 1. The smallest absolute Gasteiger partial charge is 0.311 e. The first kappa shape index (κ1) is 12.8. The third-order valence-corrected chi connectivity index (χ3v) is 5.26. The molecule has 0 bridgehead atoms. The summed E-state index contributed by atoms with van der Waals surface area (Å²) in [5.74, 6) is -0.781. The molecule has 0 aliphatic carbocycles. The zero-order valence-electron chi connectivity index (χ0n) is 12.0. The fourth-order valence-corrected chi connectivity index (χ4v) is 4.49. The van der Waals surface area contributed by atoms with Gasteiger partial charge < -0.3 is 10.1 Å². The lowest BCUT2D eigenvalue weighted by Crippen LogP contribution is -2.52. The predicted octanol–water partition coefficient (Wildman–Crippen LogP) is 1.49. The van der Waals surface area contributed by atoms with Gasteiger partial charge in [-0.15, -0.1) is 0 Å². The molecule has 2 fully saturated rings. The summed E-state index contributed by atoms with van der Waals surface area (Å²) in [6.45, 7) is 0.861. The normalized spacial score (nSPS) is 33.9. The van der Waals surface area contributed by atoms with Gasteiger partial charge in [0.1, 0.15) is 5.54 Å². The molecule has 0 radical (unpaired) electrons. The summed E-state index contributed by atoms with van der Waals surface area (Å²) in [5, 5.41) is 2.96. The number of hydrogen-bond acceptors (Lipinski definition) is 4. The maximum absolute atomic E-state index is 12.9. The Kier molecular flexibility index (Phi) is 2.63. The molecule has 3 atom stereocenters. The monoisotopic (exact) mass is 286 g/mol. The molecule has 1 N–H and O–H groups in total. The summed E-state index contributed by atoms with van der Waals surface area (Å²) in [7, 11) is 1.40. The quantitative estimate of drug-likeness (QED) is 0.795. The van der Waals surface area contributed by atoms with Gasteiger partial charge >= 0.3 is 5.97 Å². The number of ether oxygens (including phenoxy) is 1. The summed E-state index contributed by atoms with van der Waals surface area (Å²) in [6, 6.07) is 8.00. The van der Waals surface area contributed by atoms with Crippen LogP contribution in [0.2, 0.25) is 0 Å². The van der Waals surface area contributed by atoms with E-state index in [0.29, 0.717) is 12.5 Å². The molecule has 0 aromatic heterocycles. The molecule has 5 heteroatoms. The van der Waals surface area contributed by atoms with Gasteiger partial charge in [0.25, 0.3) is 5.91 Å². The Morgan fingerprint density at radius 3 is 3.05 bits per heavy atom. The molecular weight excluding hydrogens is 268 g/mol. The zero-order chi connectivity index (χ0) is 14.6. The van der Waals surface area contributed by atoms with Gasteiger partial charge in [0.2, 0.25) is 0 Å². The lowest BCUT2D eigenvalue weighted by atomic mass is 9.79. The summed E-state index contributed by atoms with van der Waals surface area (Å²) in [5.41, 5.74) is 0.879. The van der Waals surface area contributed by atoms with Crippen LogP contribution in [0.4, 0.5) is 5.69 Å². The lowest BCUT2D eigenvalue weighted by Gasteiger charge is -2.35.